The fourth-order valence-corrected chi connectivity index (χ4v) is 1.76. The van der Waals surface area contributed by atoms with Crippen molar-refractivity contribution in [1.82, 2.24) is 0 Å². The third-order valence-electron chi connectivity index (χ3n) is 2.23. The van der Waals surface area contributed by atoms with Gasteiger partial charge >= 0.3 is 0 Å². The summed E-state index contributed by atoms with van der Waals surface area (Å²) < 4.78 is 0. The van der Waals surface area contributed by atoms with Crippen LogP contribution in [0, 0.1) is 13.8 Å². The standard InChI is InChI=1S/C10H12N2/c1-6-3-7(2)9-8(4-6)5-12-10(9)11/h3-5,10H,11H2,1-2H3. The molecule has 1 aliphatic rings. The molecule has 0 saturated carbocycles. The van der Waals surface area contributed by atoms with Crippen molar-refractivity contribution in [2.45, 2.75) is 20.0 Å². The van der Waals surface area contributed by atoms with E-state index in [2.05, 4.69) is 31.0 Å². The Labute approximate surface area is 72.1 Å². The molecule has 2 nitrogen and oxygen atoms in total. The van der Waals surface area contributed by atoms with Crippen LogP contribution in [0.25, 0.3) is 0 Å². The highest BCUT2D eigenvalue weighted by Crippen LogP contribution is 2.26. The van der Waals surface area contributed by atoms with Crippen molar-refractivity contribution >= 4 is 6.21 Å². The van der Waals surface area contributed by atoms with Gasteiger partial charge in [-0.1, -0.05) is 17.7 Å². The summed E-state index contributed by atoms with van der Waals surface area (Å²) in [5.74, 6) is 0. The predicted molar refractivity (Wildman–Crippen MR) is 50.4 cm³/mol. The molecule has 2 heteroatoms. The first kappa shape index (κ1) is 7.50. The van der Waals surface area contributed by atoms with E-state index < -0.39 is 0 Å². The Hall–Kier alpha value is -1.15. The van der Waals surface area contributed by atoms with Gasteiger partial charge in [0.1, 0.15) is 6.17 Å². The van der Waals surface area contributed by atoms with E-state index in [0.717, 1.165) is 0 Å². The van der Waals surface area contributed by atoms with Gasteiger partial charge < -0.3 is 5.73 Å². The van der Waals surface area contributed by atoms with E-state index in [1.165, 1.54) is 22.3 Å². The maximum Gasteiger partial charge on any atom is 0.123 e. The number of aliphatic imine (C=N–C) groups is 1. The molecule has 0 radical (unpaired) electrons. The highest BCUT2D eigenvalue weighted by Gasteiger charge is 2.16. The summed E-state index contributed by atoms with van der Waals surface area (Å²) >= 11 is 0. The summed E-state index contributed by atoms with van der Waals surface area (Å²) in [6.45, 7) is 4.17. The summed E-state index contributed by atoms with van der Waals surface area (Å²) in [7, 11) is 0. The van der Waals surface area contributed by atoms with E-state index >= 15 is 0 Å². The van der Waals surface area contributed by atoms with Gasteiger partial charge in [-0.3, -0.25) is 4.99 Å². The number of hydrogen-bond donors (Lipinski definition) is 1. The zero-order valence-corrected chi connectivity index (χ0v) is 7.33. The lowest BCUT2D eigenvalue weighted by molar-refractivity contribution is 0.790. The number of rotatable bonds is 0. The Bertz CT molecular complexity index is 353. The van der Waals surface area contributed by atoms with Crippen LogP contribution in [0.5, 0.6) is 0 Å². The number of nitrogens with two attached hydrogens (primary N) is 1. The minimum Gasteiger partial charge on any atom is -0.306 e. The van der Waals surface area contributed by atoms with Gasteiger partial charge in [-0.15, -0.1) is 0 Å². The predicted octanol–water partition coefficient (Wildman–Crippen LogP) is 1.69. The monoisotopic (exact) mass is 160 g/mol. The van der Waals surface area contributed by atoms with E-state index in [1.54, 1.807) is 0 Å². The zero-order chi connectivity index (χ0) is 8.72. The van der Waals surface area contributed by atoms with Crippen molar-refractivity contribution < 1.29 is 0 Å². The molecule has 62 valence electrons. The fraction of sp³-hybridized carbons (Fsp3) is 0.300. The molecule has 0 bridgehead atoms. The molecule has 0 saturated heterocycles. The summed E-state index contributed by atoms with van der Waals surface area (Å²) in [5, 5.41) is 0. The number of aryl methyl sites for hydroxylation is 2. The molecule has 2 N–H and O–H groups in total. The minimum atomic E-state index is -0.138. The Morgan fingerprint density at radius 3 is 2.83 bits per heavy atom. The van der Waals surface area contributed by atoms with Crippen molar-refractivity contribution in [3.8, 4) is 0 Å². The first-order valence-corrected chi connectivity index (χ1v) is 4.08. The molecular formula is C10H12N2. The number of benzene rings is 1. The average Bonchev–Trinajstić information content (AvgIpc) is 2.31. The van der Waals surface area contributed by atoms with Crippen molar-refractivity contribution in [2.75, 3.05) is 0 Å². The third kappa shape index (κ3) is 0.959. The lowest BCUT2D eigenvalue weighted by Crippen LogP contribution is -2.06. The van der Waals surface area contributed by atoms with Gasteiger partial charge in [-0.25, -0.2) is 0 Å². The summed E-state index contributed by atoms with van der Waals surface area (Å²) in [5.41, 5.74) is 10.7. The van der Waals surface area contributed by atoms with E-state index in [4.69, 9.17) is 5.73 Å². The average molecular weight is 160 g/mol. The van der Waals surface area contributed by atoms with Gasteiger partial charge in [0, 0.05) is 11.8 Å². The largest absolute Gasteiger partial charge is 0.306 e. The number of fused-ring (bicyclic) bond motifs is 1. The molecule has 0 spiro atoms. The van der Waals surface area contributed by atoms with Crippen LogP contribution in [0.1, 0.15) is 28.4 Å². The number of hydrogen-bond acceptors (Lipinski definition) is 2. The van der Waals surface area contributed by atoms with Crippen LogP contribution in [-0.2, 0) is 0 Å². The number of nitrogens with zero attached hydrogens (tertiary/aromatic N) is 1. The van der Waals surface area contributed by atoms with Gasteiger partial charge in [-0.05, 0) is 25.0 Å². The lowest BCUT2D eigenvalue weighted by atomic mass is 10.00. The lowest BCUT2D eigenvalue weighted by Gasteiger charge is -2.08. The van der Waals surface area contributed by atoms with Gasteiger partial charge in [0.15, 0.2) is 0 Å². The second-order valence-corrected chi connectivity index (χ2v) is 3.31. The van der Waals surface area contributed by atoms with Gasteiger partial charge in [0.2, 0.25) is 0 Å². The van der Waals surface area contributed by atoms with E-state index in [9.17, 15) is 0 Å². The van der Waals surface area contributed by atoms with Crippen molar-refractivity contribution in [3.63, 3.8) is 0 Å². The van der Waals surface area contributed by atoms with Crippen LogP contribution in [0.15, 0.2) is 17.1 Å². The van der Waals surface area contributed by atoms with E-state index in [0.29, 0.717) is 0 Å². The Kier molecular flexibility index (Phi) is 1.51. The fourth-order valence-electron chi connectivity index (χ4n) is 1.76. The highest BCUT2D eigenvalue weighted by atomic mass is 14.9. The first-order valence-electron chi connectivity index (χ1n) is 4.08. The van der Waals surface area contributed by atoms with Crippen LogP contribution in [0.3, 0.4) is 0 Å². The Morgan fingerprint density at radius 2 is 2.08 bits per heavy atom. The molecule has 1 heterocycles. The second-order valence-electron chi connectivity index (χ2n) is 3.31. The van der Waals surface area contributed by atoms with E-state index in [1.807, 2.05) is 6.21 Å². The first-order chi connectivity index (χ1) is 5.68. The van der Waals surface area contributed by atoms with Crippen LogP contribution >= 0.6 is 0 Å². The van der Waals surface area contributed by atoms with Crippen molar-refractivity contribution in [3.05, 3.63) is 34.4 Å². The molecule has 2 rings (SSSR count). The molecule has 1 aromatic carbocycles. The summed E-state index contributed by atoms with van der Waals surface area (Å²) in [6.07, 6.45) is 1.72. The van der Waals surface area contributed by atoms with Gasteiger partial charge in [-0.2, -0.15) is 0 Å². The SMILES string of the molecule is Cc1cc(C)c2c(c1)C=NC2N. The zero-order valence-electron chi connectivity index (χ0n) is 7.33. The topological polar surface area (TPSA) is 38.4 Å². The van der Waals surface area contributed by atoms with Crippen LogP contribution in [0.4, 0.5) is 0 Å². The molecule has 1 aliphatic heterocycles. The Morgan fingerprint density at radius 1 is 1.33 bits per heavy atom. The minimum absolute atomic E-state index is 0.138. The molecule has 12 heavy (non-hydrogen) atoms. The molecule has 0 fully saturated rings. The maximum absolute atomic E-state index is 5.80. The molecule has 1 atom stereocenters. The maximum atomic E-state index is 5.80. The summed E-state index contributed by atoms with van der Waals surface area (Å²) in [6, 6.07) is 4.27. The van der Waals surface area contributed by atoms with Gasteiger partial charge in [0.05, 0.1) is 0 Å². The third-order valence-corrected chi connectivity index (χ3v) is 2.23. The molecule has 0 aliphatic carbocycles. The smallest absolute Gasteiger partial charge is 0.123 e. The molecular weight excluding hydrogens is 148 g/mol. The molecule has 1 aromatic rings. The van der Waals surface area contributed by atoms with Crippen LogP contribution in [0.2, 0.25) is 0 Å². The highest BCUT2D eigenvalue weighted by molar-refractivity contribution is 5.86. The molecule has 0 amide bonds. The summed E-state index contributed by atoms with van der Waals surface area (Å²) in [4.78, 5) is 4.16. The van der Waals surface area contributed by atoms with Crippen molar-refractivity contribution in [1.29, 1.82) is 0 Å². The van der Waals surface area contributed by atoms with Crippen LogP contribution in [-0.4, -0.2) is 6.21 Å². The molecule has 0 aromatic heterocycles. The molecule has 1 unspecified atom stereocenters. The normalized spacial score (nSPS) is 19.8. The second kappa shape index (κ2) is 2.42. The van der Waals surface area contributed by atoms with Crippen molar-refractivity contribution in [2.24, 2.45) is 10.7 Å². The quantitative estimate of drug-likeness (QED) is 0.616. The Balaban J connectivity index is 2.66. The van der Waals surface area contributed by atoms with E-state index in [-0.39, 0.29) is 6.17 Å². The van der Waals surface area contributed by atoms with Gasteiger partial charge in [0.25, 0.3) is 0 Å². The van der Waals surface area contributed by atoms with Crippen LogP contribution < -0.4 is 5.73 Å².